The zero-order chi connectivity index (χ0) is 15.1. The molecule has 0 atom stereocenters. The monoisotopic (exact) mass is 276 g/mol. The van der Waals surface area contributed by atoms with Crippen molar-refractivity contribution in [2.24, 2.45) is 10.2 Å². The number of benzene rings is 1. The third-order valence-corrected chi connectivity index (χ3v) is 1.85. The van der Waals surface area contributed by atoms with E-state index in [2.05, 4.69) is 20.1 Å². The summed E-state index contributed by atoms with van der Waals surface area (Å²) in [6.45, 7) is 2.29. The Balaban J connectivity index is 3.48. The van der Waals surface area contributed by atoms with Crippen LogP contribution in [0.25, 0.3) is 20.9 Å². The van der Waals surface area contributed by atoms with Crippen molar-refractivity contribution >= 4 is 23.3 Å². The third-order valence-electron chi connectivity index (χ3n) is 1.85. The molecule has 0 aliphatic rings. The average Bonchev–Trinajstić information content (AvgIpc) is 2.33. The van der Waals surface area contributed by atoms with E-state index < -0.39 is 11.9 Å². The molecule has 20 heavy (non-hydrogen) atoms. The second-order valence-corrected chi connectivity index (χ2v) is 3.35. The third kappa shape index (κ3) is 3.91. The van der Waals surface area contributed by atoms with Gasteiger partial charge < -0.3 is 9.47 Å². The van der Waals surface area contributed by atoms with Gasteiger partial charge in [0, 0.05) is 23.7 Å². The van der Waals surface area contributed by atoms with Crippen LogP contribution < -0.4 is 9.47 Å². The zero-order valence-corrected chi connectivity index (χ0v) is 10.5. The maximum atomic E-state index is 11.0. The molecule has 0 spiro atoms. The van der Waals surface area contributed by atoms with Crippen molar-refractivity contribution in [3.63, 3.8) is 0 Å². The van der Waals surface area contributed by atoms with E-state index in [-0.39, 0.29) is 22.9 Å². The van der Waals surface area contributed by atoms with E-state index in [0.29, 0.717) is 0 Å². The molecule has 0 fully saturated rings. The van der Waals surface area contributed by atoms with E-state index in [9.17, 15) is 9.59 Å². The van der Waals surface area contributed by atoms with Crippen LogP contribution in [-0.2, 0) is 9.59 Å². The highest BCUT2D eigenvalue weighted by atomic mass is 16.5. The van der Waals surface area contributed by atoms with E-state index in [1.54, 1.807) is 0 Å². The highest BCUT2D eigenvalue weighted by Crippen LogP contribution is 2.40. The van der Waals surface area contributed by atoms with Crippen molar-refractivity contribution in [2.45, 2.75) is 13.8 Å². The lowest BCUT2D eigenvalue weighted by atomic mass is 10.2. The maximum absolute atomic E-state index is 11.0. The molecule has 0 N–H and O–H groups in total. The summed E-state index contributed by atoms with van der Waals surface area (Å²) in [5, 5.41) is 6.61. The van der Waals surface area contributed by atoms with Gasteiger partial charge in [-0.1, -0.05) is 10.2 Å². The highest BCUT2D eigenvalue weighted by Gasteiger charge is 2.13. The fraction of sp³-hybridized carbons (Fsp3) is 0.200. The molecule has 1 rings (SSSR count). The fourth-order valence-corrected chi connectivity index (χ4v) is 1.26. The summed E-state index contributed by atoms with van der Waals surface area (Å²) >= 11 is 0. The molecular weight excluding hydrogens is 268 g/mol. The summed E-state index contributed by atoms with van der Waals surface area (Å²) in [4.78, 5) is 27.0. The number of nitrogens with zero attached hydrogens (tertiary/aromatic N) is 6. The molecule has 0 radical (unpaired) electrons. The first-order chi connectivity index (χ1) is 9.47. The standard InChI is InChI=1S/C10H8N6O4/c1-5(17)19-9-3-8(14-16-12)10(20-6(2)18)4-7(9)13-15-11/h3-4H,1-2H3. The Bertz CT molecular complexity index is 600. The van der Waals surface area contributed by atoms with Crippen molar-refractivity contribution in [1.82, 2.24) is 0 Å². The highest BCUT2D eigenvalue weighted by molar-refractivity contribution is 5.77. The Morgan fingerprint density at radius 2 is 1.30 bits per heavy atom. The Morgan fingerprint density at radius 3 is 1.55 bits per heavy atom. The second kappa shape index (κ2) is 6.64. The molecule has 0 amide bonds. The summed E-state index contributed by atoms with van der Waals surface area (Å²) in [5.74, 6) is -1.56. The molecule has 0 aliphatic heterocycles. The Kier molecular flexibility index (Phi) is 4.93. The van der Waals surface area contributed by atoms with Gasteiger partial charge in [-0.3, -0.25) is 9.59 Å². The number of esters is 2. The Labute approximate surface area is 112 Å². The minimum Gasteiger partial charge on any atom is -0.426 e. The molecule has 1 aromatic carbocycles. The number of azide groups is 2. The fourth-order valence-electron chi connectivity index (χ4n) is 1.26. The van der Waals surface area contributed by atoms with Gasteiger partial charge in [-0.05, 0) is 23.2 Å². The van der Waals surface area contributed by atoms with Gasteiger partial charge in [-0.25, -0.2) is 0 Å². The molecule has 10 nitrogen and oxygen atoms in total. The number of rotatable bonds is 4. The molecule has 0 bridgehead atoms. The Morgan fingerprint density at radius 1 is 0.950 bits per heavy atom. The van der Waals surface area contributed by atoms with Crippen LogP contribution in [0.5, 0.6) is 11.5 Å². The largest absolute Gasteiger partial charge is 0.426 e. The minimum absolute atomic E-state index is 0.0872. The van der Waals surface area contributed by atoms with Crippen molar-refractivity contribution < 1.29 is 19.1 Å². The first kappa shape index (κ1) is 14.8. The van der Waals surface area contributed by atoms with E-state index >= 15 is 0 Å². The molecule has 0 unspecified atom stereocenters. The molecule has 102 valence electrons. The van der Waals surface area contributed by atoms with Crippen molar-refractivity contribution in [3.8, 4) is 11.5 Å². The minimum atomic E-state index is -0.661. The maximum Gasteiger partial charge on any atom is 0.308 e. The van der Waals surface area contributed by atoms with Crippen LogP contribution >= 0.6 is 0 Å². The number of ether oxygens (including phenoxy) is 2. The van der Waals surface area contributed by atoms with Gasteiger partial charge in [-0.2, -0.15) is 0 Å². The van der Waals surface area contributed by atoms with Crippen LogP contribution in [0, 0.1) is 0 Å². The first-order valence-corrected chi connectivity index (χ1v) is 5.13. The second-order valence-electron chi connectivity index (χ2n) is 3.35. The molecule has 10 heteroatoms. The molecule has 1 aromatic rings. The van der Waals surface area contributed by atoms with Gasteiger partial charge in [0.05, 0.1) is 11.4 Å². The lowest BCUT2D eigenvalue weighted by molar-refractivity contribution is -0.133. The molecule has 0 aromatic heterocycles. The smallest absolute Gasteiger partial charge is 0.308 e. The van der Waals surface area contributed by atoms with Crippen molar-refractivity contribution in [1.29, 1.82) is 0 Å². The van der Waals surface area contributed by atoms with E-state index in [1.807, 2.05) is 0 Å². The van der Waals surface area contributed by atoms with Crippen LogP contribution in [0.3, 0.4) is 0 Å². The number of hydrogen-bond acceptors (Lipinski definition) is 6. The lowest BCUT2D eigenvalue weighted by Crippen LogP contribution is -2.04. The molecule has 0 aliphatic carbocycles. The van der Waals surface area contributed by atoms with Crippen molar-refractivity contribution in [3.05, 3.63) is 33.0 Å². The summed E-state index contributed by atoms with van der Waals surface area (Å²) < 4.78 is 9.63. The van der Waals surface area contributed by atoms with E-state index in [0.717, 1.165) is 26.0 Å². The predicted molar refractivity (Wildman–Crippen MR) is 66.7 cm³/mol. The van der Waals surface area contributed by atoms with Gasteiger partial charge in [-0.15, -0.1) is 0 Å². The summed E-state index contributed by atoms with van der Waals surface area (Å²) in [6, 6.07) is 2.26. The van der Waals surface area contributed by atoms with Crippen LogP contribution in [-0.4, -0.2) is 11.9 Å². The molecule has 0 saturated heterocycles. The number of hydrogen-bond donors (Lipinski definition) is 0. The van der Waals surface area contributed by atoms with E-state index in [1.165, 1.54) is 0 Å². The first-order valence-electron chi connectivity index (χ1n) is 5.13. The van der Waals surface area contributed by atoms with Gasteiger partial charge in [0.2, 0.25) is 0 Å². The topological polar surface area (TPSA) is 150 Å². The molecular formula is C10H8N6O4. The van der Waals surface area contributed by atoms with Gasteiger partial charge in [0.15, 0.2) is 0 Å². The average molecular weight is 276 g/mol. The zero-order valence-electron chi connectivity index (χ0n) is 10.5. The summed E-state index contributed by atoms with van der Waals surface area (Å²) in [7, 11) is 0. The quantitative estimate of drug-likeness (QED) is 0.272. The van der Waals surface area contributed by atoms with Gasteiger partial charge in [0.25, 0.3) is 0 Å². The van der Waals surface area contributed by atoms with E-state index in [4.69, 9.17) is 20.5 Å². The lowest BCUT2D eigenvalue weighted by Gasteiger charge is -2.10. The summed E-state index contributed by atoms with van der Waals surface area (Å²) in [5.41, 5.74) is 16.7. The van der Waals surface area contributed by atoms with Crippen molar-refractivity contribution in [2.75, 3.05) is 0 Å². The van der Waals surface area contributed by atoms with Gasteiger partial charge >= 0.3 is 11.9 Å². The van der Waals surface area contributed by atoms with Crippen LogP contribution in [0.4, 0.5) is 11.4 Å². The van der Waals surface area contributed by atoms with Crippen LogP contribution in [0.15, 0.2) is 22.4 Å². The normalized spacial score (nSPS) is 8.90. The molecule has 0 saturated carbocycles. The van der Waals surface area contributed by atoms with Crippen LogP contribution in [0.1, 0.15) is 13.8 Å². The number of carbonyl (C=O) groups excluding carboxylic acids is 2. The molecule has 0 heterocycles. The van der Waals surface area contributed by atoms with Gasteiger partial charge in [0.1, 0.15) is 11.5 Å². The SMILES string of the molecule is CC(=O)Oc1cc(N=[N+]=[N-])c(OC(C)=O)cc1N=[N+]=[N-]. The summed E-state index contributed by atoms with van der Waals surface area (Å²) in [6.07, 6.45) is 0. The Hall–Kier alpha value is -3.22. The number of carbonyl (C=O) groups is 2. The predicted octanol–water partition coefficient (Wildman–Crippen LogP) is 3.42. The van der Waals surface area contributed by atoms with Crippen LogP contribution in [0.2, 0.25) is 0 Å².